The quantitative estimate of drug-likeness (QED) is 0.685. The number of aromatic nitrogens is 1. The van der Waals surface area contributed by atoms with Crippen molar-refractivity contribution in [3.8, 4) is 0 Å². The summed E-state index contributed by atoms with van der Waals surface area (Å²) in [7, 11) is 1.56. The van der Waals surface area contributed by atoms with Crippen molar-refractivity contribution >= 4 is 11.7 Å². The molecule has 5 nitrogen and oxygen atoms in total. The molecule has 0 fully saturated rings. The highest BCUT2D eigenvalue weighted by atomic mass is 16.2. The smallest absolute Gasteiger partial charge is 0.239 e. The van der Waals surface area contributed by atoms with Gasteiger partial charge in [-0.15, -0.1) is 0 Å². The Morgan fingerprint density at radius 2 is 2.27 bits per heavy atom. The van der Waals surface area contributed by atoms with Gasteiger partial charge in [-0.25, -0.2) is 0 Å². The fourth-order valence-electron chi connectivity index (χ4n) is 1.23. The number of amides is 1. The molecule has 1 amide bonds. The topological polar surface area (TPSA) is 79.2 Å². The second kappa shape index (κ2) is 4.75. The molecule has 1 aromatic heterocycles. The monoisotopic (exact) mass is 209 g/mol. The molecule has 0 saturated carbocycles. The van der Waals surface area contributed by atoms with Crippen molar-refractivity contribution < 1.29 is 9.59 Å². The fraction of sp³-hybridized carbons (Fsp3) is 0.400. The number of hydrogen-bond acceptors (Lipinski definition) is 3. The Kier molecular flexibility index (Phi) is 3.62. The van der Waals surface area contributed by atoms with Crippen LogP contribution in [0.2, 0.25) is 0 Å². The summed E-state index contributed by atoms with van der Waals surface area (Å²) in [6.07, 6.45) is 1.67. The van der Waals surface area contributed by atoms with Gasteiger partial charge in [0, 0.05) is 13.2 Å². The summed E-state index contributed by atoms with van der Waals surface area (Å²) in [5, 5.41) is 0. The molecule has 5 heteroatoms. The lowest BCUT2D eigenvalue weighted by molar-refractivity contribution is -0.130. The first-order chi connectivity index (χ1) is 7.02. The van der Waals surface area contributed by atoms with Crippen LogP contribution in [0.15, 0.2) is 18.3 Å². The van der Waals surface area contributed by atoms with Crippen molar-refractivity contribution in [1.29, 1.82) is 0 Å². The van der Waals surface area contributed by atoms with Gasteiger partial charge >= 0.3 is 0 Å². The Hall–Kier alpha value is -1.62. The average molecular weight is 209 g/mol. The highest BCUT2D eigenvalue weighted by Gasteiger charge is 2.17. The number of ketones is 1. The Morgan fingerprint density at radius 1 is 1.60 bits per heavy atom. The van der Waals surface area contributed by atoms with Crippen LogP contribution in [0, 0.1) is 0 Å². The van der Waals surface area contributed by atoms with E-state index in [1.165, 1.54) is 4.90 Å². The number of rotatable bonds is 4. The van der Waals surface area contributed by atoms with E-state index in [0.717, 1.165) is 0 Å². The van der Waals surface area contributed by atoms with Gasteiger partial charge in [0.25, 0.3) is 0 Å². The molecule has 0 saturated heterocycles. The van der Waals surface area contributed by atoms with Crippen molar-refractivity contribution in [2.75, 3.05) is 13.6 Å². The summed E-state index contributed by atoms with van der Waals surface area (Å²) in [6, 6.07) is 2.83. The fourth-order valence-corrected chi connectivity index (χ4v) is 1.23. The Morgan fingerprint density at radius 3 is 2.73 bits per heavy atom. The largest absolute Gasteiger partial charge is 0.359 e. The van der Waals surface area contributed by atoms with Crippen molar-refractivity contribution in [2.45, 2.75) is 13.0 Å². The molecule has 1 unspecified atom stereocenters. The van der Waals surface area contributed by atoms with Crippen LogP contribution < -0.4 is 5.73 Å². The number of Topliss-reactive ketones (excluding diaryl/α,β-unsaturated/α-hetero) is 1. The lowest BCUT2D eigenvalue weighted by atomic mass is 10.2. The van der Waals surface area contributed by atoms with Crippen LogP contribution >= 0.6 is 0 Å². The standard InChI is InChI=1S/C10H15N3O2/c1-7(11)10(15)13(2)6-9(14)8-4-3-5-12-8/h3-5,7,12H,6,11H2,1-2H3. The normalized spacial score (nSPS) is 12.2. The zero-order valence-electron chi connectivity index (χ0n) is 8.86. The van der Waals surface area contributed by atoms with Gasteiger partial charge in [0.15, 0.2) is 5.78 Å². The van der Waals surface area contributed by atoms with E-state index in [1.807, 2.05) is 0 Å². The van der Waals surface area contributed by atoms with Crippen LogP contribution in [0.1, 0.15) is 17.4 Å². The summed E-state index contributed by atoms with van der Waals surface area (Å²) in [6.45, 7) is 1.64. The maximum absolute atomic E-state index is 11.6. The highest BCUT2D eigenvalue weighted by molar-refractivity contribution is 5.98. The van der Waals surface area contributed by atoms with Gasteiger partial charge in [-0.05, 0) is 19.1 Å². The Bertz CT molecular complexity index is 344. The minimum Gasteiger partial charge on any atom is -0.359 e. The van der Waals surface area contributed by atoms with E-state index in [2.05, 4.69) is 4.98 Å². The summed E-state index contributed by atoms with van der Waals surface area (Å²) < 4.78 is 0. The maximum atomic E-state index is 11.6. The van der Waals surface area contributed by atoms with Crippen molar-refractivity contribution in [1.82, 2.24) is 9.88 Å². The molecule has 0 bridgehead atoms. The van der Waals surface area contributed by atoms with E-state index < -0.39 is 6.04 Å². The molecule has 0 spiro atoms. The summed E-state index contributed by atoms with van der Waals surface area (Å²) in [5.41, 5.74) is 5.92. The summed E-state index contributed by atoms with van der Waals surface area (Å²) >= 11 is 0. The number of likely N-dealkylation sites (N-methyl/N-ethyl adjacent to an activating group) is 1. The molecule has 0 aromatic carbocycles. The van der Waals surface area contributed by atoms with Gasteiger partial charge in [0.2, 0.25) is 5.91 Å². The highest BCUT2D eigenvalue weighted by Crippen LogP contribution is 1.98. The molecule has 1 atom stereocenters. The van der Waals surface area contributed by atoms with Gasteiger partial charge in [-0.2, -0.15) is 0 Å². The number of carbonyl (C=O) groups excluding carboxylic acids is 2. The first-order valence-corrected chi connectivity index (χ1v) is 4.69. The molecular formula is C10H15N3O2. The number of nitrogens with two attached hydrogens (primary N) is 1. The number of H-pyrrole nitrogens is 1. The third kappa shape index (κ3) is 2.92. The van der Waals surface area contributed by atoms with Crippen LogP contribution in [0.3, 0.4) is 0 Å². The number of aromatic amines is 1. The Balaban J connectivity index is 2.56. The minimum atomic E-state index is -0.577. The van der Waals surface area contributed by atoms with Gasteiger partial charge in [-0.3, -0.25) is 9.59 Å². The van der Waals surface area contributed by atoms with Crippen LogP contribution in [0.4, 0.5) is 0 Å². The van der Waals surface area contributed by atoms with Gasteiger partial charge in [-0.1, -0.05) is 0 Å². The molecule has 1 rings (SSSR count). The molecule has 0 aliphatic carbocycles. The van der Waals surface area contributed by atoms with Crippen molar-refractivity contribution in [3.05, 3.63) is 24.0 Å². The second-order valence-corrected chi connectivity index (χ2v) is 3.49. The number of nitrogens with one attached hydrogen (secondary N) is 1. The SMILES string of the molecule is CC(N)C(=O)N(C)CC(=O)c1ccc[nH]1. The van der Waals surface area contributed by atoms with E-state index in [4.69, 9.17) is 5.73 Å². The van der Waals surface area contributed by atoms with E-state index >= 15 is 0 Å². The predicted molar refractivity (Wildman–Crippen MR) is 56.4 cm³/mol. The summed E-state index contributed by atoms with van der Waals surface area (Å²) in [5.74, 6) is -0.369. The van der Waals surface area contributed by atoms with Gasteiger partial charge in [0.1, 0.15) is 0 Å². The third-order valence-electron chi connectivity index (χ3n) is 2.04. The lowest BCUT2D eigenvalue weighted by Gasteiger charge is -2.17. The Labute approximate surface area is 88.3 Å². The van der Waals surface area contributed by atoms with Gasteiger partial charge < -0.3 is 15.6 Å². The number of hydrogen-bond donors (Lipinski definition) is 2. The van der Waals surface area contributed by atoms with E-state index in [9.17, 15) is 9.59 Å². The molecule has 0 radical (unpaired) electrons. The average Bonchev–Trinajstić information content (AvgIpc) is 2.68. The van der Waals surface area contributed by atoms with Crippen molar-refractivity contribution in [2.24, 2.45) is 5.73 Å². The first kappa shape index (κ1) is 11.5. The van der Waals surface area contributed by atoms with E-state index in [-0.39, 0.29) is 18.2 Å². The maximum Gasteiger partial charge on any atom is 0.239 e. The molecule has 82 valence electrons. The van der Waals surface area contributed by atoms with Crippen LogP contribution in [0.5, 0.6) is 0 Å². The molecule has 1 heterocycles. The molecular weight excluding hydrogens is 194 g/mol. The first-order valence-electron chi connectivity index (χ1n) is 4.69. The zero-order valence-corrected chi connectivity index (χ0v) is 8.86. The second-order valence-electron chi connectivity index (χ2n) is 3.49. The van der Waals surface area contributed by atoms with Crippen molar-refractivity contribution in [3.63, 3.8) is 0 Å². The van der Waals surface area contributed by atoms with Crippen LogP contribution in [-0.4, -0.2) is 41.2 Å². The molecule has 15 heavy (non-hydrogen) atoms. The molecule has 1 aromatic rings. The van der Waals surface area contributed by atoms with Crippen LogP contribution in [0.25, 0.3) is 0 Å². The van der Waals surface area contributed by atoms with E-state index in [1.54, 1.807) is 32.3 Å². The zero-order chi connectivity index (χ0) is 11.4. The summed E-state index contributed by atoms with van der Waals surface area (Å²) in [4.78, 5) is 27.1. The third-order valence-corrected chi connectivity index (χ3v) is 2.04. The number of carbonyl (C=O) groups is 2. The van der Waals surface area contributed by atoms with Crippen LogP contribution in [-0.2, 0) is 4.79 Å². The van der Waals surface area contributed by atoms with E-state index in [0.29, 0.717) is 5.69 Å². The van der Waals surface area contributed by atoms with Gasteiger partial charge in [0.05, 0.1) is 18.3 Å². The predicted octanol–water partition coefficient (Wildman–Crippen LogP) is 0.00300. The molecule has 3 N–H and O–H groups in total. The minimum absolute atomic E-state index is 0.0425. The molecule has 0 aliphatic rings. The number of nitrogens with zero attached hydrogens (tertiary/aromatic N) is 1. The lowest BCUT2D eigenvalue weighted by Crippen LogP contribution is -2.42. The molecule has 0 aliphatic heterocycles.